The van der Waals surface area contributed by atoms with E-state index in [0.29, 0.717) is 6.54 Å². The zero-order chi connectivity index (χ0) is 11.5. The molecule has 0 bridgehead atoms. The highest BCUT2D eigenvalue weighted by atomic mass is 16.4. The van der Waals surface area contributed by atoms with Crippen LogP contribution in [0.5, 0.6) is 0 Å². The first-order valence-electron chi connectivity index (χ1n) is 4.79. The molecule has 0 aliphatic carbocycles. The highest BCUT2D eigenvalue weighted by molar-refractivity contribution is 5.87. The minimum atomic E-state index is -0.939. The van der Waals surface area contributed by atoms with Crippen molar-refractivity contribution in [1.82, 2.24) is 9.78 Å². The zero-order valence-electron chi connectivity index (χ0n) is 8.50. The van der Waals surface area contributed by atoms with E-state index in [4.69, 9.17) is 10.8 Å². The highest BCUT2D eigenvalue weighted by Crippen LogP contribution is 2.11. The van der Waals surface area contributed by atoms with E-state index in [1.165, 1.54) is 0 Å². The second-order valence-corrected chi connectivity index (χ2v) is 3.29. The number of carboxylic acid groups (broad SMARTS) is 1. The molecular weight excluding hydrogens is 206 g/mol. The number of aromatic nitrogens is 2. The molecule has 5 nitrogen and oxygen atoms in total. The van der Waals surface area contributed by atoms with Crippen molar-refractivity contribution in [2.24, 2.45) is 5.73 Å². The number of hydrogen-bond acceptors (Lipinski definition) is 3. The minimum absolute atomic E-state index is 0.255. The molecule has 2 aromatic rings. The molecule has 0 radical (unpaired) electrons. The summed E-state index contributed by atoms with van der Waals surface area (Å²) in [6, 6.07) is 8.32. The fourth-order valence-electron chi connectivity index (χ4n) is 1.46. The summed E-state index contributed by atoms with van der Waals surface area (Å²) in [6.45, 7) is 0.390. The Kier molecular flexibility index (Phi) is 2.70. The third-order valence-electron chi connectivity index (χ3n) is 2.29. The lowest BCUT2D eigenvalue weighted by atomic mass is 10.2. The summed E-state index contributed by atoms with van der Waals surface area (Å²) in [6.07, 6.45) is 1.66. The Labute approximate surface area is 92.1 Å². The molecule has 82 valence electrons. The normalized spacial score (nSPS) is 10.3. The van der Waals surface area contributed by atoms with Crippen molar-refractivity contribution < 1.29 is 9.90 Å². The second kappa shape index (κ2) is 4.16. The molecular formula is C11H11N3O2. The van der Waals surface area contributed by atoms with E-state index < -0.39 is 5.97 Å². The molecule has 0 spiro atoms. The van der Waals surface area contributed by atoms with E-state index in [1.807, 2.05) is 6.07 Å². The van der Waals surface area contributed by atoms with E-state index in [-0.39, 0.29) is 5.56 Å². The Morgan fingerprint density at radius 1 is 1.31 bits per heavy atom. The minimum Gasteiger partial charge on any atom is -0.478 e. The van der Waals surface area contributed by atoms with Gasteiger partial charge in [-0.3, -0.25) is 0 Å². The van der Waals surface area contributed by atoms with Gasteiger partial charge in [0.15, 0.2) is 0 Å². The van der Waals surface area contributed by atoms with Crippen molar-refractivity contribution in [3.8, 4) is 5.69 Å². The zero-order valence-corrected chi connectivity index (χ0v) is 8.50. The maximum absolute atomic E-state index is 10.7. The largest absolute Gasteiger partial charge is 0.478 e. The van der Waals surface area contributed by atoms with E-state index in [9.17, 15) is 4.79 Å². The lowest BCUT2D eigenvalue weighted by Crippen LogP contribution is -2.07. The number of carboxylic acids is 1. The number of nitrogens with zero attached hydrogens (tertiary/aromatic N) is 2. The first-order chi connectivity index (χ1) is 7.72. The Bertz CT molecular complexity index is 502. The quantitative estimate of drug-likeness (QED) is 0.804. The molecule has 2 rings (SSSR count). The van der Waals surface area contributed by atoms with Crippen molar-refractivity contribution in [2.45, 2.75) is 6.54 Å². The predicted molar refractivity (Wildman–Crippen MR) is 58.4 cm³/mol. The Morgan fingerprint density at radius 2 is 2.00 bits per heavy atom. The van der Waals surface area contributed by atoms with Gasteiger partial charge < -0.3 is 10.8 Å². The Balaban J connectivity index is 2.38. The Morgan fingerprint density at radius 3 is 2.56 bits per heavy atom. The molecule has 0 amide bonds. The van der Waals surface area contributed by atoms with E-state index in [0.717, 1.165) is 11.4 Å². The summed E-state index contributed by atoms with van der Waals surface area (Å²) in [5.74, 6) is -0.939. The molecule has 0 atom stereocenters. The van der Waals surface area contributed by atoms with Gasteiger partial charge in [-0.1, -0.05) is 0 Å². The van der Waals surface area contributed by atoms with Crippen molar-refractivity contribution in [3.63, 3.8) is 0 Å². The maximum Gasteiger partial charge on any atom is 0.335 e. The summed E-state index contributed by atoms with van der Waals surface area (Å²) in [7, 11) is 0. The van der Waals surface area contributed by atoms with Crippen LogP contribution in [0.4, 0.5) is 0 Å². The Hall–Kier alpha value is -2.14. The topological polar surface area (TPSA) is 81.1 Å². The first kappa shape index (κ1) is 10.4. The third-order valence-corrected chi connectivity index (χ3v) is 2.29. The van der Waals surface area contributed by atoms with Gasteiger partial charge in [0.1, 0.15) is 0 Å². The van der Waals surface area contributed by atoms with Crippen molar-refractivity contribution in [3.05, 3.63) is 47.8 Å². The van der Waals surface area contributed by atoms with Crippen LogP contribution < -0.4 is 5.73 Å². The number of carbonyl (C=O) groups is 1. The lowest BCUT2D eigenvalue weighted by molar-refractivity contribution is 0.0697. The summed E-state index contributed by atoms with van der Waals surface area (Å²) < 4.78 is 1.69. The fraction of sp³-hybridized carbons (Fsp3) is 0.0909. The van der Waals surface area contributed by atoms with Crippen LogP contribution in [0.3, 0.4) is 0 Å². The number of nitrogens with two attached hydrogens (primary N) is 1. The SMILES string of the molecule is NCc1ccnn1-c1ccc(C(=O)O)cc1. The molecule has 5 heteroatoms. The van der Waals surface area contributed by atoms with Crippen LogP contribution in [-0.2, 0) is 6.54 Å². The van der Waals surface area contributed by atoms with Gasteiger partial charge in [-0.15, -0.1) is 0 Å². The van der Waals surface area contributed by atoms with Crippen LogP contribution in [0.25, 0.3) is 5.69 Å². The maximum atomic E-state index is 10.7. The molecule has 1 aromatic carbocycles. The average Bonchev–Trinajstić information content (AvgIpc) is 2.77. The third kappa shape index (κ3) is 1.80. The van der Waals surface area contributed by atoms with Crippen LogP contribution in [-0.4, -0.2) is 20.9 Å². The summed E-state index contributed by atoms with van der Waals surface area (Å²) in [5.41, 5.74) is 7.49. The van der Waals surface area contributed by atoms with Gasteiger partial charge in [0.05, 0.1) is 16.9 Å². The van der Waals surface area contributed by atoms with Gasteiger partial charge in [-0.25, -0.2) is 9.48 Å². The standard InChI is InChI=1S/C11H11N3O2/c12-7-10-5-6-13-14(10)9-3-1-8(2-4-9)11(15)16/h1-6H,7,12H2,(H,15,16). The molecule has 0 aliphatic heterocycles. The molecule has 1 heterocycles. The van der Waals surface area contributed by atoms with Gasteiger partial charge in [-0.05, 0) is 30.3 Å². The van der Waals surface area contributed by atoms with Gasteiger partial charge in [0.25, 0.3) is 0 Å². The molecule has 0 saturated carbocycles. The van der Waals surface area contributed by atoms with Crippen LogP contribution in [0, 0.1) is 0 Å². The predicted octanol–water partition coefficient (Wildman–Crippen LogP) is 1.03. The molecule has 0 fully saturated rings. The van der Waals surface area contributed by atoms with Gasteiger partial charge in [0, 0.05) is 12.7 Å². The van der Waals surface area contributed by atoms with Gasteiger partial charge in [-0.2, -0.15) is 5.10 Å². The van der Waals surface area contributed by atoms with E-state index >= 15 is 0 Å². The van der Waals surface area contributed by atoms with Crippen molar-refractivity contribution >= 4 is 5.97 Å². The van der Waals surface area contributed by atoms with E-state index in [2.05, 4.69) is 5.10 Å². The summed E-state index contributed by atoms with van der Waals surface area (Å²) in [5, 5.41) is 12.9. The molecule has 0 saturated heterocycles. The summed E-state index contributed by atoms with van der Waals surface area (Å²) in [4.78, 5) is 10.7. The molecule has 0 unspecified atom stereocenters. The lowest BCUT2D eigenvalue weighted by Gasteiger charge is -2.05. The number of benzene rings is 1. The van der Waals surface area contributed by atoms with Gasteiger partial charge >= 0.3 is 5.97 Å². The van der Waals surface area contributed by atoms with Crippen LogP contribution in [0.2, 0.25) is 0 Å². The van der Waals surface area contributed by atoms with Crippen LogP contribution >= 0.6 is 0 Å². The van der Waals surface area contributed by atoms with Crippen molar-refractivity contribution in [2.75, 3.05) is 0 Å². The average molecular weight is 217 g/mol. The highest BCUT2D eigenvalue weighted by Gasteiger charge is 2.05. The monoisotopic (exact) mass is 217 g/mol. The number of aromatic carboxylic acids is 1. The van der Waals surface area contributed by atoms with E-state index in [1.54, 1.807) is 35.1 Å². The van der Waals surface area contributed by atoms with Crippen LogP contribution in [0.1, 0.15) is 16.1 Å². The molecule has 3 N–H and O–H groups in total. The van der Waals surface area contributed by atoms with Crippen molar-refractivity contribution in [1.29, 1.82) is 0 Å². The second-order valence-electron chi connectivity index (χ2n) is 3.29. The number of rotatable bonds is 3. The van der Waals surface area contributed by atoms with Crippen LogP contribution in [0.15, 0.2) is 36.5 Å². The molecule has 0 aliphatic rings. The molecule has 16 heavy (non-hydrogen) atoms. The first-order valence-corrected chi connectivity index (χ1v) is 4.79. The summed E-state index contributed by atoms with van der Waals surface area (Å²) >= 11 is 0. The van der Waals surface area contributed by atoms with Gasteiger partial charge in [0.2, 0.25) is 0 Å². The smallest absolute Gasteiger partial charge is 0.335 e. The molecule has 1 aromatic heterocycles. The fourth-order valence-corrected chi connectivity index (χ4v) is 1.46. The number of hydrogen-bond donors (Lipinski definition) is 2.